The van der Waals surface area contributed by atoms with E-state index in [2.05, 4.69) is 18.7 Å². The molecule has 2 nitrogen and oxygen atoms in total. The fourth-order valence-corrected chi connectivity index (χ4v) is 3.31. The summed E-state index contributed by atoms with van der Waals surface area (Å²) >= 11 is 0. The number of allylic oxidation sites excluding steroid dienone is 5. The lowest BCUT2D eigenvalue weighted by molar-refractivity contribution is -0.119. The topological polar surface area (TPSA) is 40.9 Å². The molecule has 0 spiro atoms. The maximum atomic E-state index is 11.9. The highest BCUT2D eigenvalue weighted by atomic mass is 16.1. The highest BCUT2D eigenvalue weighted by Gasteiger charge is 2.49. The highest BCUT2D eigenvalue weighted by molar-refractivity contribution is 5.94. The lowest BCUT2D eigenvalue weighted by Crippen LogP contribution is -2.40. The van der Waals surface area contributed by atoms with E-state index in [-0.39, 0.29) is 17.6 Å². The molecular formula is C16H19NO. The van der Waals surface area contributed by atoms with Crippen molar-refractivity contribution in [2.75, 3.05) is 0 Å². The molecular weight excluding hydrogens is 222 g/mol. The Kier molecular flexibility index (Phi) is 3.02. The maximum absolute atomic E-state index is 11.9. The van der Waals surface area contributed by atoms with E-state index in [9.17, 15) is 10.1 Å². The summed E-state index contributed by atoms with van der Waals surface area (Å²) in [6.07, 6.45) is 5.30. The van der Waals surface area contributed by atoms with E-state index in [0.717, 1.165) is 23.1 Å². The van der Waals surface area contributed by atoms with Crippen LogP contribution in [0.3, 0.4) is 0 Å². The minimum atomic E-state index is -0.544. The van der Waals surface area contributed by atoms with Crippen LogP contribution in [0.2, 0.25) is 0 Å². The van der Waals surface area contributed by atoms with Gasteiger partial charge < -0.3 is 0 Å². The third-order valence-corrected chi connectivity index (χ3v) is 4.35. The van der Waals surface area contributed by atoms with Crippen molar-refractivity contribution in [1.29, 1.82) is 5.26 Å². The molecule has 0 fully saturated rings. The molecule has 3 atom stereocenters. The molecule has 0 N–H and O–H groups in total. The Hall–Kier alpha value is -1.62. The first-order chi connectivity index (χ1) is 8.42. The number of carbonyl (C=O) groups excluding carboxylic acids is 1. The minimum Gasteiger partial charge on any atom is -0.295 e. The smallest absolute Gasteiger partial charge is 0.158 e. The molecule has 0 amide bonds. The first-order valence-corrected chi connectivity index (χ1v) is 6.42. The third-order valence-electron chi connectivity index (χ3n) is 4.35. The Morgan fingerprint density at radius 2 is 2.28 bits per heavy atom. The summed E-state index contributed by atoms with van der Waals surface area (Å²) in [5.41, 5.74) is 2.49. The van der Waals surface area contributed by atoms with Gasteiger partial charge in [0.15, 0.2) is 5.78 Å². The van der Waals surface area contributed by atoms with E-state index in [1.807, 2.05) is 20.8 Å². The average Bonchev–Trinajstić information content (AvgIpc) is 2.31. The van der Waals surface area contributed by atoms with Crippen LogP contribution >= 0.6 is 0 Å². The number of hydrogen-bond donors (Lipinski definition) is 0. The van der Waals surface area contributed by atoms with E-state index in [1.165, 1.54) is 0 Å². The second-order valence-electron chi connectivity index (χ2n) is 5.67. The van der Waals surface area contributed by atoms with E-state index < -0.39 is 5.41 Å². The maximum Gasteiger partial charge on any atom is 0.158 e. The number of carbonyl (C=O) groups is 1. The zero-order valence-electron chi connectivity index (χ0n) is 11.3. The fourth-order valence-electron chi connectivity index (χ4n) is 3.31. The zero-order valence-corrected chi connectivity index (χ0v) is 11.3. The largest absolute Gasteiger partial charge is 0.295 e. The van der Waals surface area contributed by atoms with Gasteiger partial charge >= 0.3 is 0 Å². The van der Waals surface area contributed by atoms with Gasteiger partial charge in [0.2, 0.25) is 0 Å². The van der Waals surface area contributed by atoms with Gasteiger partial charge in [-0.3, -0.25) is 4.79 Å². The molecule has 0 aromatic heterocycles. The standard InChI is InChI=1S/C16H19NO/c1-10(2)13-6-5-11(3)14-7-15(18)12(4)8-16(13,14)9-17/h5,7,12-13H,1,6,8H2,2-4H3/t12-,13+,16+/m1/s1. The van der Waals surface area contributed by atoms with Crippen LogP contribution in [0.15, 0.2) is 35.5 Å². The first-order valence-electron chi connectivity index (χ1n) is 6.42. The Bertz CT molecular complexity index is 518. The monoisotopic (exact) mass is 241 g/mol. The van der Waals surface area contributed by atoms with Gasteiger partial charge in [0.05, 0.1) is 11.5 Å². The molecule has 2 rings (SSSR count). The van der Waals surface area contributed by atoms with Gasteiger partial charge in [-0.15, -0.1) is 0 Å². The summed E-state index contributed by atoms with van der Waals surface area (Å²) in [5, 5.41) is 9.75. The first kappa shape index (κ1) is 12.8. The van der Waals surface area contributed by atoms with Crippen molar-refractivity contribution in [2.24, 2.45) is 17.3 Å². The van der Waals surface area contributed by atoms with Crippen LogP contribution in [0.4, 0.5) is 0 Å². The summed E-state index contributed by atoms with van der Waals surface area (Å²) in [4.78, 5) is 11.9. The van der Waals surface area contributed by atoms with E-state index in [1.54, 1.807) is 6.08 Å². The Labute approximate surface area is 109 Å². The van der Waals surface area contributed by atoms with Crippen molar-refractivity contribution < 1.29 is 4.79 Å². The molecule has 0 aliphatic heterocycles. The van der Waals surface area contributed by atoms with E-state index in [4.69, 9.17) is 0 Å². The highest BCUT2D eigenvalue weighted by Crippen LogP contribution is 2.53. The van der Waals surface area contributed by atoms with Crippen molar-refractivity contribution in [3.63, 3.8) is 0 Å². The van der Waals surface area contributed by atoms with Crippen LogP contribution in [0.1, 0.15) is 33.6 Å². The average molecular weight is 241 g/mol. The van der Waals surface area contributed by atoms with Crippen LogP contribution < -0.4 is 0 Å². The van der Waals surface area contributed by atoms with Gasteiger partial charge in [-0.05, 0) is 38.3 Å². The summed E-state index contributed by atoms with van der Waals surface area (Å²) in [7, 11) is 0. The molecule has 18 heavy (non-hydrogen) atoms. The summed E-state index contributed by atoms with van der Waals surface area (Å²) in [6, 6.07) is 2.51. The molecule has 0 aromatic rings. The lowest BCUT2D eigenvalue weighted by atomic mass is 9.56. The zero-order chi connectivity index (χ0) is 13.5. The molecule has 0 aromatic carbocycles. The predicted molar refractivity (Wildman–Crippen MR) is 71.6 cm³/mol. The molecule has 0 bridgehead atoms. The molecule has 2 aliphatic rings. The van der Waals surface area contributed by atoms with Gasteiger partial charge in [-0.1, -0.05) is 30.7 Å². The molecule has 2 aliphatic carbocycles. The normalized spacial score (nSPS) is 35.1. The summed E-state index contributed by atoms with van der Waals surface area (Å²) in [5.74, 6) is 0.208. The van der Waals surface area contributed by atoms with Gasteiger partial charge in [0, 0.05) is 11.8 Å². The van der Waals surface area contributed by atoms with Crippen LogP contribution in [-0.2, 0) is 4.79 Å². The molecule has 0 radical (unpaired) electrons. The van der Waals surface area contributed by atoms with Gasteiger partial charge in [0.25, 0.3) is 0 Å². The van der Waals surface area contributed by atoms with Crippen LogP contribution in [0, 0.1) is 28.6 Å². The number of hydrogen-bond acceptors (Lipinski definition) is 2. The van der Waals surface area contributed by atoms with Gasteiger partial charge in [-0.25, -0.2) is 0 Å². The second kappa shape index (κ2) is 4.24. The number of nitriles is 1. The van der Waals surface area contributed by atoms with Crippen LogP contribution in [-0.4, -0.2) is 5.78 Å². The van der Waals surface area contributed by atoms with Crippen molar-refractivity contribution in [2.45, 2.75) is 33.6 Å². The van der Waals surface area contributed by atoms with E-state index >= 15 is 0 Å². The lowest BCUT2D eigenvalue weighted by Gasteiger charge is -2.44. The molecule has 0 saturated heterocycles. The molecule has 0 heterocycles. The van der Waals surface area contributed by atoms with Crippen molar-refractivity contribution >= 4 is 5.78 Å². The molecule has 0 saturated carbocycles. The SMILES string of the molecule is C=C(C)[C@@H]1CC=C(C)C2=CC(=O)[C@H](C)C[C@@]21C#N. The fraction of sp³-hybridized carbons (Fsp3) is 0.500. The number of fused-ring (bicyclic) bond motifs is 1. The third kappa shape index (κ3) is 1.66. The van der Waals surface area contributed by atoms with E-state index in [0.29, 0.717) is 6.42 Å². The number of rotatable bonds is 1. The van der Waals surface area contributed by atoms with Crippen molar-refractivity contribution in [3.8, 4) is 6.07 Å². The Morgan fingerprint density at radius 3 is 2.83 bits per heavy atom. The van der Waals surface area contributed by atoms with Crippen molar-refractivity contribution in [3.05, 3.63) is 35.5 Å². The number of ketones is 1. The van der Waals surface area contributed by atoms with Crippen LogP contribution in [0.25, 0.3) is 0 Å². The summed E-state index contributed by atoms with van der Waals surface area (Å²) < 4.78 is 0. The Balaban J connectivity index is 2.64. The van der Waals surface area contributed by atoms with Crippen LogP contribution in [0.5, 0.6) is 0 Å². The van der Waals surface area contributed by atoms with Gasteiger partial charge in [-0.2, -0.15) is 5.26 Å². The quantitative estimate of drug-likeness (QED) is 0.658. The molecule has 0 unspecified atom stereocenters. The summed E-state index contributed by atoms with van der Waals surface area (Å²) in [6.45, 7) is 9.93. The molecule has 2 heteroatoms. The van der Waals surface area contributed by atoms with Gasteiger partial charge in [0.1, 0.15) is 0 Å². The Morgan fingerprint density at radius 1 is 1.61 bits per heavy atom. The van der Waals surface area contributed by atoms with Crippen molar-refractivity contribution in [1.82, 2.24) is 0 Å². The molecule has 94 valence electrons. The number of nitrogens with zero attached hydrogens (tertiary/aromatic N) is 1. The minimum absolute atomic E-state index is 0.0684. The second-order valence-corrected chi connectivity index (χ2v) is 5.67. The predicted octanol–water partition coefficient (Wildman–Crippen LogP) is 3.57.